The number of aryl methyl sites for hydroxylation is 2. The van der Waals surface area contributed by atoms with E-state index in [4.69, 9.17) is 4.98 Å². The molecule has 0 spiro atoms. The summed E-state index contributed by atoms with van der Waals surface area (Å²) in [6.45, 7) is 11.3. The van der Waals surface area contributed by atoms with E-state index in [-0.39, 0.29) is 0 Å². The van der Waals surface area contributed by atoms with Gasteiger partial charge in [0.1, 0.15) is 5.52 Å². The first-order valence-electron chi connectivity index (χ1n) is 10.5. The fraction of sp³-hybridized carbons (Fsp3) is 0.308. The number of imidazole rings is 1. The zero-order chi connectivity index (χ0) is 20.4. The first kappa shape index (κ1) is 18.1. The van der Waals surface area contributed by atoms with Gasteiger partial charge in [0.2, 0.25) is 0 Å². The number of pyridine rings is 2. The van der Waals surface area contributed by atoms with E-state index in [1.807, 2.05) is 6.20 Å². The molecule has 3 nitrogen and oxygen atoms in total. The Morgan fingerprint density at radius 2 is 1.72 bits per heavy atom. The average Bonchev–Trinajstić information content (AvgIpc) is 3.00. The third-order valence-corrected chi connectivity index (χ3v) is 6.33. The third kappa shape index (κ3) is 2.43. The van der Waals surface area contributed by atoms with Crippen molar-refractivity contribution in [1.82, 2.24) is 9.55 Å². The molecule has 0 amide bonds. The van der Waals surface area contributed by atoms with Crippen LogP contribution in [0.2, 0.25) is 0 Å². The lowest BCUT2D eigenvalue weighted by Gasteiger charge is -2.11. The molecule has 5 rings (SSSR count). The smallest absolute Gasteiger partial charge is 0.255 e. The van der Waals surface area contributed by atoms with Crippen LogP contribution in [0.3, 0.4) is 0 Å². The predicted octanol–water partition coefficient (Wildman–Crippen LogP) is 6.17. The van der Waals surface area contributed by atoms with E-state index in [1.54, 1.807) is 0 Å². The quantitative estimate of drug-likeness (QED) is 0.264. The molecular formula is C26H28N3+. The zero-order valence-corrected chi connectivity index (χ0v) is 18.1. The lowest BCUT2D eigenvalue weighted by atomic mass is 9.94. The Morgan fingerprint density at radius 3 is 2.45 bits per heavy atom. The van der Waals surface area contributed by atoms with Crippen molar-refractivity contribution in [3.05, 3.63) is 65.4 Å². The van der Waals surface area contributed by atoms with Gasteiger partial charge in [-0.15, -0.1) is 0 Å². The zero-order valence-electron chi connectivity index (χ0n) is 18.1. The van der Waals surface area contributed by atoms with Gasteiger partial charge in [-0.25, -0.2) is 4.57 Å². The predicted molar refractivity (Wildman–Crippen MR) is 122 cm³/mol. The molecule has 0 aliphatic rings. The van der Waals surface area contributed by atoms with Gasteiger partial charge in [0.05, 0.1) is 18.0 Å². The normalized spacial score (nSPS) is 12.4. The second-order valence-corrected chi connectivity index (χ2v) is 8.87. The molecular weight excluding hydrogens is 354 g/mol. The standard InChI is InChI=1S/C26H28N3/c1-15(2)18-13-20(16(3)4)25-22(14-18)28(6)26-23-17(5)11-12-27-24(23)19-9-7-8-10-21(19)29(25)26/h7-16H,1-6H3/q+1. The highest BCUT2D eigenvalue weighted by Crippen LogP contribution is 2.34. The lowest BCUT2D eigenvalue weighted by Crippen LogP contribution is -2.24. The number of hydrogen-bond donors (Lipinski definition) is 0. The van der Waals surface area contributed by atoms with E-state index in [0.717, 1.165) is 5.52 Å². The monoisotopic (exact) mass is 382 g/mol. The Bertz CT molecular complexity index is 1420. The van der Waals surface area contributed by atoms with Gasteiger partial charge >= 0.3 is 0 Å². The maximum absolute atomic E-state index is 4.81. The first-order valence-corrected chi connectivity index (χ1v) is 10.5. The minimum Gasteiger partial charge on any atom is -0.255 e. The van der Waals surface area contributed by atoms with Crippen molar-refractivity contribution in [2.24, 2.45) is 7.05 Å². The van der Waals surface area contributed by atoms with Crippen molar-refractivity contribution in [2.75, 3.05) is 0 Å². The molecule has 2 aromatic carbocycles. The summed E-state index contributed by atoms with van der Waals surface area (Å²) in [4.78, 5) is 4.81. The maximum atomic E-state index is 4.81. The number of fused-ring (bicyclic) bond motifs is 8. The summed E-state index contributed by atoms with van der Waals surface area (Å²) in [5.41, 5.74) is 10.2. The van der Waals surface area contributed by atoms with Gasteiger partial charge in [-0.05, 0) is 54.2 Å². The molecule has 3 aromatic heterocycles. The van der Waals surface area contributed by atoms with Crippen LogP contribution in [0.25, 0.3) is 38.5 Å². The van der Waals surface area contributed by atoms with Crippen molar-refractivity contribution in [3.63, 3.8) is 0 Å². The van der Waals surface area contributed by atoms with Gasteiger partial charge in [0, 0.05) is 17.1 Å². The fourth-order valence-corrected chi connectivity index (χ4v) is 4.73. The highest BCUT2D eigenvalue weighted by atomic mass is 15.1. The molecule has 0 fully saturated rings. The maximum Gasteiger partial charge on any atom is 0.297 e. The Labute approximate surface area is 171 Å². The van der Waals surface area contributed by atoms with E-state index in [2.05, 4.69) is 93.1 Å². The van der Waals surface area contributed by atoms with Crippen molar-refractivity contribution < 1.29 is 4.40 Å². The van der Waals surface area contributed by atoms with E-state index in [0.29, 0.717) is 11.8 Å². The molecule has 0 unspecified atom stereocenters. The molecule has 0 radical (unpaired) electrons. The van der Waals surface area contributed by atoms with Gasteiger partial charge in [-0.2, -0.15) is 4.40 Å². The summed E-state index contributed by atoms with van der Waals surface area (Å²) < 4.78 is 4.84. The number of para-hydroxylation sites is 1. The molecule has 146 valence electrons. The summed E-state index contributed by atoms with van der Waals surface area (Å²) in [5, 5.41) is 2.45. The number of benzene rings is 2. The summed E-state index contributed by atoms with van der Waals surface area (Å²) >= 11 is 0. The van der Waals surface area contributed by atoms with Crippen LogP contribution in [0.5, 0.6) is 0 Å². The first-order chi connectivity index (χ1) is 13.9. The van der Waals surface area contributed by atoms with Crippen LogP contribution in [0.1, 0.15) is 56.2 Å². The molecule has 0 bridgehead atoms. The summed E-state index contributed by atoms with van der Waals surface area (Å²) in [5.74, 6) is 0.940. The minimum atomic E-state index is 0.443. The SMILES string of the molecule is Cc1ccnc2c3ccccc3[n+]3c4c(C(C)C)cc(C(C)C)cc4n(C)c3c12. The van der Waals surface area contributed by atoms with Crippen LogP contribution < -0.4 is 4.40 Å². The van der Waals surface area contributed by atoms with Crippen molar-refractivity contribution in [3.8, 4) is 0 Å². The summed E-state index contributed by atoms with van der Waals surface area (Å²) in [6.07, 6.45) is 1.93. The Balaban J connectivity index is 2.19. The van der Waals surface area contributed by atoms with E-state index in [9.17, 15) is 0 Å². The van der Waals surface area contributed by atoms with Crippen molar-refractivity contribution >= 4 is 38.5 Å². The second kappa shape index (κ2) is 6.28. The van der Waals surface area contributed by atoms with Gasteiger partial charge in [0.25, 0.3) is 5.65 Å². The second-order valence-electron chi connectivity index (χ2n) is 8.87. The molecule has 0 atom stereocenters. The van der Waals surface area contributed by atoms with E-state index >= 15 is 0 Å². The number of aromatic nitrogens is 3. The van der Waals surface area contributed by atoms with Crippen LogP contribution in [-0.2, 0) is 7.05 Å². The minimum absolute atomic E-state index is 0.443. The molecule has 3 heteroatoms. The molecule has 0 saturated carbocycles. The third-order valence-electron chi connectivity index (χ3n) is 6.33. The van der Waals surface area contributed by atoms with E-state index < -0.39 is 0 Å². The van der Waals surface area contributed by atoms with Gasteiger partial charge in [-0.3, -0.25) is 4.98 Å². The highest BCUT2D eigenvalue weighted by molar-refractivity contribution is 6.09. The topological polar surface area (TPSA) is 21.9 Å². The summed E-state index contributed by atoms with van der Waals surface area (Å²) in [7, 11) is 2.20. The van der Waals surface area contributed by atoms with Crippen LogP contribution in [0.15, 0.2) is 48.7 Å². The Hall–Kier alpha value is -2.94. The number of rotatable bonds is 2. The molecule has 3 heterocycles. The molecule has 0 N–H and O–H groups in total. The Kier molecular flexibility index (Phi) is 3.92. The van der Waals surface area contributed by atoms with Gasteiger partial charge in [-0.1, -0.05) is 45.9 Å². The highest BCUT2D eigenvalue weighted by Gasteiger charge is 2.28. The number of hydrogen-bond acceptors (Lipinski definition) is 1. The average molecular weight is 383 g/mol. The fourth-order valence-electron chi connectivity index (χ4n) is 4.73. The van der Waals surface area contributed by atoms with Crippen LogP contribution in [0, 0.1) is 6.92 Å². The van der Waals surface area contributed by atoms with Crippen LogP contribution >= 0.6 is 0 Å². The Morgan fingerprint density at radius 1 is 0.966 bits per heavy atom. The van der Waals surface area contributed by atoms with Crippen LogP contribution in [-0.4, -0.2) is 9.55 Å². The summed E-state index contributed by atoms with van der Waals surface area (Å²) in [6, 6.07) is 15.6. The van der Waals surface area contributed by atoms with E-state index in [1.165, 1.54) is 49.7 Å². The molecule has 29 heavy (non-hydrogen) atoms. The molecule has 5 aromatic rings. The number of nitrogens with zero attached hydrogens (tertiary/aromatic N) is 3. The van der Waals surface area contributed by atoms with Crippen molar-refractivity contribution in [2.45, 2.75) is 46.5 Å². The van der Waals surface area contributed by atoms with Crippen molar-refractivity contribution in [1.29, 1.82) is 0 Å². The molecule has 0 saturated heterocycles. The molecule has 0 aliphatic heterocycles. The lowest BCUT2D eigenvalue weighted by molar-refractivity contribution is -0.449. The van der Waals surface area contributed by atoms with Gasteiger partial charge < -0.3 is 0 Å². The van der Waals surface area contributed by atoms with Crippen LogP contribution in [0.4, 0.5) is 0 Å². The molecule has 0 aliphatic carbocycles. The van der Waals surface area contributed by atoms with Gasteiger partial charge in [0.15, 0.2) is 11.0 Å². The largest absolute Gasteiger partial charge is 0.297 e.